The molecule has 56 valence electrons. The fraction of sp³-hybridized carbons (Fsp3) is 0. The number of rotatable bonds is 0. The van der Waals surface area contributed by atoms with Crippen LogP contribution < -0.4 is 5.73 Å². The first-order valence-electron chi connectivity index (χ1n) is 3.17. The second-order valence-electron chi connectivity index (χ2n) is 1.68. The van der Waals surface area contributed by atoms with Gasteiger partial charge < -0.3 is 5.73 Å². The van der Waals surface area contributed by atoms with E-state index in [4.69, 9.17) is 16.8 Å². The molecule has 0 saturated heterocycles. The molecule has 4 heteroatoms. The minimum atomic E-state index is 0.0278. The van der Waals surface area contributed by atoms with Gasteiger partial charge in [0.25, 0.3) is 0 Å². The minimum Gasteiger partial charge on any atom is -0.399 e. The van der Waals surface area contributed by atoms with Gasteiger partial charge in [-0.3, -0.25) is 0 Å². The summed E-state index contributed by atoms with van der Waals surface area (Å²) in [7, 11) is 1.30. The summed E-state index contributed by atoms with van der Waals surface area (Å²) in [5.74, 6) is 0. The maximum absolute atomic E-state index is 5.36. The Morgan fingerprint density at radius 1 is 1.30 bits per heavy atom. The maximum Gasteiger partial charge on any atom is 0.106 e. The molecule has 0 aliphatic carbocycles. The number of anilines is 1. The zero-order valence-electron chi connectivity index (χ0n) is 6.05. The first kappa shape index (κ1) is 9.74. The van der Waals surface area contributed by atoms with Gasteiger partial charge in [0, 0.05) is 15.4 Å². The van der Waals surface area contributed by atoms with E-state index >= 15 is 0 Å². The van der Waals surface area contributed by atoms with Crippen LogP contribution in [0.3, 0.4) is 0 Å². The highest BCUT2D eigenvalue weighted by atomic mass is 35.6. The second kappa shape index (κ2) is 6.86. The van der Waals surface area contributed by atoms with Crippen LogP contribution in [-0.4, -0.2) is 18.1 Å². The molecule has 0 spiro atoms. The number of benzene rings is 1. The normalized spacial score (nSPS) is 9.30. The van der Waals surface area contributed by atoms with Crippen molar-refractivity contribution in [3.8, 4) is 0 Å². The number of hydrogen-bond acceptors (Lipinski definition) is 1. The Kier molecular flexibility index (Phi) is 6.68. The molecule has 1 nitrogen and oxygen atoms in total. The standard InChI is InChI=1S/C6H7N.ClH5Si2/c7-6-4-2-1-3-5-6;1-3-2/h1-5H,7H2;3H2,2H3. The van der Waals surface area contributed by atoms with Crippen LogP contribution >= 0.6 is 11.1 Å². The lowest BCUT2D eigenvalue weighted by atomic mass is 10.3. The van der Waals surface area contributed by atoms with Crippen LogP contribution in [0.5, 0.6) is 0 Å². The molecule has 10 heavy (non-hydrogen) atoms. The molecule has 0 bridgehead atoms. The van der Waals surface area contributed by atoms with Crippen LogP contribution in [0.2, 0.25) is 0 Å². The summed E-state index contributed by atoms with van der Waals surface area (Å²) in [4.78, 5) is 0. The van der Waals surface area contributed by atoms with Crippen molar-refractivity contribution in [3.63, 3.8) is 0 Å². The SMILES string of the molecule is Nc1ccccc1.[SiH3][SiH2]Cl. The summed E-state index contributed by atoms with van der Waals surface area (Å²) in [6, 6.07) is 9.49. The van der Waals surface area contributed by atoms with E-state index in [2.05, 4.69) is 0 Å². The predicted octanol–water partition coefficient (Wildman–Crippen LogP) is -0.142. The van der Waals surface area contributed by atoms with Crippen molar-refractivity contribution >= 4 is 34.9 Å². The lowest BCUT2D eigenvalue weighted by Crippen LogP contribution is -1.79. The Morgan fingerprint density at radius 3 is 1.90 bits per heavy atom. The van der Waals surface area contributed by atoms with Crippen LogP contribution in [0.25, 0.3) is 0 Å². The smallest absolute Gasteiger partial charge is 0.106 e. The Balaban J connectivity index is 0.000000236. The first-order valence-corrected chi connectivity index (χ1v) is 11.0. The molecule has 0 unspecified atom stereocenters. The van der Waals surface area contributed by atoms with Crippen LogP contribution in [0.1, 0.15) is 0 Å². The fourth-order valence-electron chi connectivity index (χ4n) is 0.453. The van der Waals surface area contributed by atoms with E-state index in [0.29, 0.717) is 0 Å². The third-order valence-corrected chi connectivity index (χ3v) is 0.800. The molecule has 0 atom stereocenters. The highest BCUT2D eigenvalue weighted by Gasteiger charge is 1.72. The maximum atomic E-state index is 5.36. The van der Waals surface area contributed by atoms with Crippen molar-refractivity contribution in [3.05, 3.63) is 30.3 Å². The minimum absolute atomic E-state index is 0.0278. The summed E-state index contributed by atoms with van der Waals surface area (Å²) in [6.07, 6.45) is 0. The van der Waals surface area contributed by atoms with Crippen molar-refractivity contribution in [1.82, 2.24) is 0 Å². The predicted molar refractivity (Wildman–Crippen MR) is 55.2 cm³/mol. The molecular formula is C6H12ClNSi2. The van der Waals surface area contributed by atoms with Crippen molar-refractivity contribution < 1.29 is 0 Å². The Bertz CT molecular complexity index is 157. The molecule has 0 aliphatic rings. The zero-order valence-corrected chi connectivity index (χ0v) is 10.2. The average molecular weight is 190 g/mol. The van der Waals surface area contributed by atoms with Crippen LogP contribution in [-0.2, 0) is 0 Å². The number of nitrogen functional groups attached to an aromatic ring is 1. The van der Waals surface area contributed by atoms with Crippen molar-refractivity contribution in [2.45, 2.75) is 0 Å². The molecule has 0 fully saturated rings. The molecule has 0 saturated carbocycles. The summed E-state index contributed by atoms with van der Waals surface area (Å²) in [5.41, 5.74) is 6.18. The number of hydrogen-bond donors (Lipinski definition) is 1. The van der Waals surface area contributed by atoms with E-state index < -0.39 is 0 Å². The molecule has 2 N–H and O–H groups in total. The molecular weight excluding hydrogens is 178 g/mol. The van der Waals surface area contributed by atoms with Crippen molar-refractivity contribution in [2.75, 3.05) is 5.73 Å². The van der Waals surface area contributed by atoms with Gasteiger partial charge in [-0.25, -0.2) is 0 Å². The molecule has 0 aromatic heterocycles. The Labute approximate surface area is 71.3 Å². The van der Waals surface area contributed by atoms with E-state index in [1.165, 1.54) is 9.76 Å². The highest BCUT2D eigenvalue weighted by molar-refractivity contribution is 7.19. The Morgan fingerprint density at radius 2 is 1.70 bits per heavy atom. The van der Waals surface area contributed by atoms with Crippen LogP contribution in [0.15, 0.2) is 30.3 Å². The van der Waals surface area contributed by atoms with Gasteiger partial charge in [-0.05, 0) is 12.1 Å². The molecule has 0 aliphatic heterocycles. The lowest BCUT2D eigenvalue weighted by Gasteiger charge is -1.83. The van der Waals surface area contributed by atoms with E-state index in [1.54, 1.807) is 0 Å². The third kappa shape index (κ3) is 5.87. The van der Waals surface area contributed by atoms with Gasteiger partial charge in [0.05, 0.1) is 0 Å². The molecule has 0 radical (unpaired) electrons. The van der Waals surface area contributed by atoms with Gasteiger partial charge in [0.15, 0.2) is 0 Å². The van der Waals surface area contributed by atoms with Gasteiger partial charge in [0.1, 0.15) is 8.35 Å². The van der Waals surface area contributed by atoms with E-state index in [9.17, 15) is 0 Å². The van der Waals surface area contributed by atoms with Gasteiger partial charge in [-0.15, -0.1) is 0 Å². The monoisotopic (exact) mass is 189 g/mol. The highest BCUT2D eigenvalue weighted by Crippen LogP contribution is 1.95. The molecule has 1 aromatic rings. The summed E-state index contributed by atoms with van der Waals surface area (Å²) in [5, 5.41) is 0. The van der Waals surface area contributed by atoms with Crippen molar-refractivity contribution in [2.24, 2.45) is 0 Å². The average Bonchev–Trinajstić information content (AvgIpc) is 1.91. The van der Waals surface area contributed by atoms with Gasteiger partial charge >= 0.3 is 0 Å². The van der Waals surface area contributed by atoms with Gasteiger partial charge in [0.2, 0.25) is 0 Å². The number of nitrogens with two attached hydrogens (primary N) is 1. The molecule has 0 heterocycles. The summed E-state index contributed by atoms with van der Waals surface area (Å²) >= 11 is 5.20. The van der Waals surface area contributed by atoms with Crippen molar-refractivity contribution in [1.29, 1.82) is 0 Å². The lowest BCUT2D eigenvalue weighted by molar-refractivity contribution is 1.69. The fourth-order valence-corrected chi connectivity index (χ4v) is 0.453. The summed E-state index contributed by atoms with van der Waals surface area (Å²) in [6.45, 7) is 0. The van der Waals surface area contributed by atoms with Gasteiger partial charge in [-0.2, -0.15) is 11.1 Å². The van der Waals surface area contributed by atoms with E-state index in [0.717, 1.165) is 5.69 Å². The van der Waals surface area contributed by atoms with E-state index in [-0.39, 0.29) is 8.35 Å². The molecule has 0 amide bonds. The summed E-state index contributed by atoms with van der Waals surface area (Å²) < 4.78 is 0. The number of halogens is 1. The largest absolute Gasteiger partial charge is 0.399 e. The Hall–Kier alpha value is -0.256. The zero-order chi connectivity index (χ0) is 7.82. The van der Waals surface area contributed by atoms with Gasteiger partial charge in [-0.1, -0.05) is 18.2 Å². The molecule has 1 rings (SSSR count). The molecule has 1 aromatic carbocycles. The second-order valence-corrected chi connectivity index (χ2v) is 8.63. The topological polar surface area (TPSA) is 26.0 Å². The van der Waals surface area contributed by atoms with E-state index in [1.807, 2.05) is 30.3 Å². The number of para-hydroxylation sites is 1. The third-order valence-electron chi connectivity index (χ3n) is 0.800. The van der Waals surface area contributed by atoms with Crippen LogP contribution in [0, 0.1) is 0 Å². The quantitative estimate of drug-likeness (QED) is 0.343. The van der Waals surface area contributed by atoms with Crippen LogP contribution in [0.4, 0.5) is 5.69 Å². The first-order chi connectivity index (χ1) is 4.81.